The third-order valence-corrected chi connectivity index (χ3v) is 3.60. The minimum atomic E-state index is -6.00. The topological polar surface area (TPSA) is 71.5 Å². The lowest BCUT2D eigenvalue weighted by Gasteiger charge is -2.04. The van der Waals surface area contributed by atoms with Crippen molar-refractivity contribution >= 4 is 22.8 Å². The summed E-state index contributed by atoms with van der Waals surface area (Å²) in [6.07, 6.45) is 0. The molecule has 0 aliphatic heterocycles. The number of rotatable bonds is 3. The van der Waals surface area contributed by atoms with E-state index in [1.54, 1.807) is 6.92 Å². The molecule has 0 aliphatic carbocycles. The zero-order chi connectivity index (χ0) is 16.8. The van der Waals surface area contributed by atoms with Crippen molar-refractivity contribution in [2.24, 2.45) is 0 Å². The van der Waals surface area contributed by atoms with E-state index in [4.69, 9.17) is 10.1 Å². The van der Waals surface area contributed by atoms with Crippen LogP contribution in [0.2, 0.25) is 0 Å². The highest BCUT2D eigenvalue weighted by Gasteiger charge is 2.22. The van der Waals surface area contributed by atoms with Crippen LogP contribution in [-0.4, -0.2) is 22.8 Å². The fraction of sp³-hybridized carbons (Fsp3) is 0.200. The fourth-order valence-corrected chi connectivity index (χ4v) is 2.25. The van der Waals surface area contributed by atoms with Crippen molar-refractivity contribution in [1.29, 1.82) is 5.39 Å². The predicted molar refractivity (Wildman–Crippen MR) is 70.0 cm³/mol. The third-order valence-electron chi connectivity index (χ3n) is 2.11. The first-order valence-electron chi connectivity index (χ1n) is 5.24. The minimum absolute atomic E-state index is 0.0896. The van der Waals surface area contributed by atoms with Crippen LogP contribution in [0.15, 0.2) is 29.0 Å². The van der Waals surface area contributed by atoms with Crippen molar-refractivity contribution in [3.63, 3.8) is 0 Å². The molecule has 11 heteroatoms. The lowest BCUT2D eigenvalue weighted by molar-refractivity contribution is 0.368. The molecular formula is C10H11BF4N2O3S. The molecule has 1 rings (SSSR count). The van der Waals surface area contributed by atoms with Gasteiger partial charge < -0.3 is 22.0 Å². The van der Waals surface area contributed by atoms with Gasteiger partial charge in [0.1, 0.15) is 0 Å². The number of sulfone groups is 1. The van der Waals surface area contributed by atoms with Crippen LogP contribution < -0.4 is 4.74 Å². The second-order valence-corrected chi connectivity index (χ2v) is 5.46. The maximum absolute atomic E-state index is 11.6. The molecule has 21 heavy (non-hydrogen) atoms. The highest BCUT2D eigenvalue weighted by molar-refractivity contribution is 7.94. The van der Waals surface area contributed by atoms with E-state index in [0.29, 0.717) is 5.56 Å². The summed E-state index contributed by atoms with van der Waals surface area (Å²) in [5.74, 6) is 0.188. The Bertz CT molecular complexity index is 662. The van der Waals surface area contributed by atoms with E-state index in [1.807, 2.05) is 0 Å². The summed E-state index contributed by atoms with van der Waals surface area (Å²) in [6, 6.07) is 2.73. The number of methoxy groups -OCH3 is 1. The van der Waals surface area contributed by atoms with Gasteiger partial charge in [0.2, 0.25) is 11.1 Å². The number of aryl methyl sites for hydroxylation is 1. The highest BCUT2D eigenvalue weighted by atomic mass is 32.2. The molecule has 0 heterocycles. The SMILES string of the molecule is C=CS(=O)(=O)c1cc(OC)c([N+]#N)cc1C.F[B-](F)(F)F. The molecule has 0 fully saturated rings. The predicted octanol–water partition coefficient (Wildman–Crippen LogP) is 3.71. The maximum Gasteiger partial charge on any atom is 0.673 e. The second-order valence-electron chi connectivity index (χ2n) is 3.60. The monoisotopic (exact) mass is 326 g/mol. The lowest BCUT2D eigenvalue weighted by atomic mass is 10.2. The Morgan fingerprint density at radius 3 is 2.14 bits per heavy atom. The van der Waals surface area contributed by atoms with Gasteiger partial charge in [-0.25, -0.2) is 8.42 Å². The lowest BCUT2D eigenvalue weighted by Crippen LogP contribution is -2.02. The van der Waals surface area contributed by atoms with E-state index in [9.17, 15) is 25.7 Å². The quantitative estimate of drug-likeness (QED) is 0.482. The molecule has 1 aromatic carbocycles. The summed E-state index contributed by atoms with van der Waals surface area (Å²) < 4.78 is 67.2. The Labute approximate surface area is 118 Å². The molecule has 0 unspecified atom stereocenters. The van der Waals surface area contributed by atoms with E-state index in [-0.39, 0.29) is 16.3 Å². The van der Waals surface area contributed by atoms with Gasteiger partial charge in [-0.15, -0.1) is 0 Å². The van der Waals surface area contributed by atoms with Crippen LogP contribution in [0.5, 0.6) is 5.75 Å². The van der Waals surface area contributed by atoms with Gasteiger partial charge in [0, 0.05) is 17.5 Å². The fourth-order valence-electron chi connectivity index (χ4n) is 1.29. The molecule has 0 amide bonds. The van der Waals surface area contributed by atoms with Gasteiger partial charge in [0.25, 0.3) is 0 Å². The minimum Gasteiger partial charge on any atom is -0.489 e. The van der Waals surface area contributed by atoms with Crippen LogP contribution in [0.25, 0.3) is 4.98 Å². The Morgan fingerprint density at radius 1 is 1.33 bits per heavy atom. The number of diazo groups is 1. The molecule has 1 aromatic rings. The first-order valence-corrected chi connectivity index (χ1v) is 6.79. The molecule has 0 bridgehead atoms. The molecule has 116 valence electrons. The highest BCUT2D eigenvalue weighted by Crippen LogP contribution is 2.33. The molecule has 0 aliphatic rings. The molecular weight excluding hydrogens is 315 g/mol. The Hall–Kier alpha value is -2.09. The zero-order valence-electron chi connectivity index (χ0n) is 11.1. The van der Waals surface area contributed by atoms with Crippen LogP contribution in [0, 0.1) is 12.3 Å². The molecule has 0 N–H and O–H groups in total. The van der Waals surface area contributed by atoms with E-state index in [1.165, 1.54) is 19.2 Å². The van der Waals surface area contributed by atoms with Crippen LogP contribution in [0.1, 0.15) is 5.56 Å². The average molecular weight is 326 g/mol. The average Bonchev–Trinajstić information content (AvgIpc) is 2.36. The molecule has 0 aromatic heterocycles. The van der Waals surface area contributed by atoms with Gasteiger partial charge in [-0.05, 0) is 12.5 Å². The number of ether oxygens (including phenoxy) is 1. The molecule has 5 nitrogen and oxygen atoms in total. The van der Waals surface area contributed by atoms with Crippen molar-refractivity contribution < 1.29 is 30.4 Å². The molecule has 0 saturated heterocycles. The van der Waals surface area contributed by atoms with Gasteiger partial charge in [-0.2, -0.15) is 0 Å². The summed E-state index contributed by atoms with van der Waals surface area (Å²) in [7, 11) is -8.16. The molecule has 0 atom stereocenters. The second kappa shape index (κ2) is 7.08. The van der Waals surface area contributed by atoms with Crippen molar-refractivity contribution in [3.8, 4) is 5.75 Å². The standard InChI is InChI=1S/C10H11N2O3S.BF4/c1-4-16(13,14)10-6-9(15-3)8(12-11)5-7(10)2;2-1(3,4)5/h4-6H,1H2,2-3H3;/q+1;-1. The summed E-state index contributed by atoms with van der Waals surface area (Å²) in [5, 5.41) is 9.57. The van der Waals surface area contributed by atoms with Crippen LogP contribution in [0.3, 0.4) is 0 Å². The summed E-state index contributed by atoms with van der Waals surface area (Å²) in [6.45, 7) is 4.85. The van der Waals surface area contributed by atoms with E-state index < -0.39 is 17.1 Å². The van der Waals surface area contributed by atoms with Gasteiger partial charge in [0.15, 0.2) is 14.8 Å². The smallest absolute Gasteiger partial charge is 0.489 e. The summed E-state index contributed by atoms with van der Waals surface area (Å²) in [4.78, 5) is 3.10. The number of hydrogen-bond acceptors (Lipinski definition) is 4. The van der Waals surface area contributed by atoms with Gasteiger partial charge in [-0.1, -0.05) is 6.58 Å². The Balaban J connectivity index is 0.000000690. The van der Waals surface area contributed by atoms with E-state index in [2.05, 4.69) is 11.6 Å². The number of nitrogens with zero attached hydrogens (tertiary/aromatic N) is 2. The van der Waals surface area contributed by atoms with Crippen LogP contribution >= 0.6 is 0 Å². The van der Waals surface area contributed by atoms with Gasteiger partial charge in [-0.3, -0.25) is 0 Å². The number of halogens is 4. The summed E-state index contributed by atoms with van der Waals surface area (Å²) >= 11 is 0. The van der Waals surface area contributed by atoms with Crippen molar-refractivity contribution in [2.75, 3.05) is 7.11 Å². The van der Waals surface area contributed by atoms with Gasteiger partial charge in [0.05, 0.1) is 12.0 Å². The largest absolute Gasteiger partial charge is 0.673 e. The van der Waals surface area contributed by atoms with Gasteiger partial charge >= 0.3 is 12.9 Å². The normalized spacial score (nSPS) is 10.9. The molecule has 0 radical (unpaired) electrons. The summed E-state index contributed by atoms with van der Waals surface area (Å²) in [5.41, 5.74) is 0.650. The van der Waals surface area contributed by atoms with Crippen molar-refractivity contribution in [3.05, 3.63) is 34.7 Å². The first kappa shape index (κ1) is 18.9. The Kier molecular flexibility index (Phi) is 6.37. The zero-order valence-corrected chi connectivity index (χ0v) is 11.9. The van der Waals surface area contributed by atoms with Crippen molar-refractivity contribution in [1.82, 2.24) is 0 Å². The maximum atomic E-state index is 11.6. The third kappa shape index (κ3) is 6.26. The van der Waals surface area contributed by atoms with E-state index >= 15 is 0 Å². The van der Waals surface area contributed by atoms with Crippen LogP contribution in [-0.2, 0) is 9.84 Å². The van der Waals surface area contributed by atoms with Crippen LogP contribution in [0.4, 0.5) is 23.0 Å². The van der Waals surface area contributed by atoms with Crippen molar-refractivity contribution in [2.45, 2.75) is 11.8 Å². The Morgan fingerprint density at radius 2 is 1.81 bits per heavy atom. The number of benzene rings is 1. The first-order chi connectivity index (χ1) is 9.46. The molecule has 0 spiro atoms. The number of hydrogen-bond donors (Lipinski definition) is 0. The van der Waals surface area contributed by atoms with E-state index in [0.717, 1.165) is 5.41 Å². The molecule has 0 saturated carbocycles.